The van der Waals surface area contributed by atoms with Crippen molar-refractivity contribution in [3.63, 3.8) is 0 Å². The lowest BCUT2D eigenvalue weighted by molar-refractivity contribution is -0.118. The van der Waals surface area contributed by atoms with Gasteiger partial charge in [0.1, 0.15) is 0 Å². The summed E-state index contributed by atoms with van der Waals surface area (Å²) in [6.45, 7) is 2.65. The normalized spacial score (nSPS) is 14.7. The second-order valence-electron chi connectivity index (χ2n) is 5.23. The van der Waals surface area contributed by atoms with E-state index < -0.39 is 0 Å². The lowest BCUT2D eigenvalue weighted by Gasteiger charge is -2.30. The molecule has 0 aliphatic carbocycles. The van der Waals surface area contributed by atoms with Crippen LogP contribution in [-0.2, 0) is 4.79 Å². The van der Waals surface area contributed by atoms with Gasteiger partial charge in [-0.25, -0.2) is 0 Å². The monoisotopic (exact) mass is 314 g/mol. The summed E-state index contributed by atoms with van der Waals surface area (Å²) < 4.78 is 5.35. The molecule has 0 unspecified atom stereocenters. The summed E-state index contributed by atoms with van der Waals surface area (Å²) in [7, 11) is 1.81. The first-order valence-corrected chi connectivity index (χ1v) is 7.36. The number of carbonyl (C=O) groups is 1. The van der Waals surface area contributed by atoms with Crippen LogP contribution in [0.2, 0.25) is 0 Å². The van der Waals surface area contributed by atoms with Crippen molar-refractivity contribution in [2.45, 2.75) is 0 Å². The molecule has 8 nitrogen and oxygen atoms in total. The fraction of sp³-hybridized carbons (Fsp3) is 0.333. The number of aromatic nitrogens is 2. The Balaban J connectivity index is 1.79. The maximum Gasteiger partial charge on any atom is 0.324 e. The molecule has 1 aliphatic rings. The molecule has 2 N–H and O–H groups in total. The fourth-order valence-corrected chi connectivity index (χ4v) is 2.52. The molecule has 120 valence electrons. The topological polar surface area (TPSA) is 98.3 Å². The maximum atomic E-state index is 10.7. The molecular formula is C15H18N6O2. The number of amides is 1. The first-order valence-electron chi connectivity index (χ1n) is 7.36. The average Bonchev–Trinajstić information content (AvgIpc) is 3.11. The third-order valence-corrected chi connectivity index (χ3v) is 3.89. The van der Waals surface area contributed by atoms with Crippen LogP contribution in [-0.4, -0.2) is 60.9 Å². The van der Waals surface area contributed by atoms with Crippen LogP contribution >= 0.6 is 0 Å². The number of carbonyl (C=O) groups excluding carboxylic acids is 1. The number of anilines is 2. The van der Waals surface area contributed by atoms with Crippen LogP contribution in [0.25, 0.3) is 11.4 Å². The molecule has 1 aliphatic heterocycles. The molecule has 1 amide bonds. The van der Waals surface area contributed by atoms with Crippen molar-refractivity contribution in [2.24, 2.45) is 0 Å². The van der Waals surface area contributed by atoms with Crippen molar-refractivity contribution < 1.29 is 9.32 Å². The molecule has 0 spiro atoms. The van der Waals surface area contributed by atoms with Crippen LogP contribution in [0.3, 0.4) is 0 Å². The van der Waals surface area contributed by atoms with Crippen LogP contribution in [0.1, 0.15) is 5.56 Å². The second-order valence-corrected chi connectivity index (χ2v) is 5.23. The van der Waals surface area contributed by atoms with Gasteiger partial charge in [0.2, 0.25) is 12.2 Å². The zero-order valence-corrected chi connectivity index (χ0v) is 12.8. The fourth-order valence-electron chi connectivity index (χ4n) is 2.52. The van der Waals surface area contributed by atoms with Gasteiger partial charge in [-0.3, -0.25) is 4.79 Å². The molecule has 1 aromatic carbocycles. The first-order chi connectivity index (χ1) is 11.2. The molecule has 2 heterocycles. The van der Waals surface area contributed by atoms with Crippen molar-refractivity contribution in [1.82, 2.24) is 15.0 Å². The quantitative estimate of drug-likeness (QED) is 0.632. The van der Waals surface area contributed by atoms with Gasteiger partial charge in [0.25, 0.3) is 0 Å². The third kappa shape index (κ3) is 3.01. The minimum absolute atomic E-state index is 0.465. The Labute approximate surface area is 133 Å². The summed E-state index contributed by atoms with van der Waals surface area (Å²) in [6.07, 6.45) is 2.16. The number of benzene rings is 1. The van der Waals surface area contributed by atoms with Crippen LogP contribution in [0.4, 0.5) is 11.7 Å². The first kappa shape index (κ1) is 15.0. The highest BCUT2D eigenvalue weighted by Gasteiger charge is 2.21. The Kier molecular flexibility index (Phi) is 4.22. The molecule has 2 aromatic rings. The van der Waals surface area contributed by atoms with Crippen molar-refractivity contribution in [3.05, 3.63) is 23.8 Å². The summed E-state index contributed by atoms with van der Waals surface area (Å²) in [4.78, 5) is 18.9. The van der Waals surface area contributed by atoms with E-state index >= 15 is 0 Å². The van der Waals surface area contributed by atoms with Gasteiger partial charge in [-0.1, -0.05) is 17.3 Å². The smallest absolute Gasteiger partial charge is 0.324 e. The predicted molar refractivity (Wildman–Crippen MR) is 87.0 cm³/mol. The lowest BCUT2D eigenvalue weighted by Crippen LogP contribution is -2.45. The van der Waals surface area contributed by atoms with E-state index in [2.05, 4.69) is 15.5 Å². The van der Waals surface area contributed by atoms with Gasteiger partial charge >= 0.3 is 6.01 Å². The van der Waals surface area contributed by atoms with Gasteiger partial charge in [-0.15, -0.1) is 0 Å². The van der Waals surface area contributed by atoms with Crippen molar-refractivity contribution in [2.75, 3.05) is 43.4 Å². The van der Waals surface area contributed by atoms with Crippen LogP contribution in [0.5, 0.6) is 0 Å². The lowest BCUT2D eigenvalue weighted by atomic mass is 10.1. The number of hydrogen-bond donors (Lipinski definition) is 2. The predicted octanol–water partition coefficient (Wildman–Crippen LogP) is 1.05. The summed E-state index contributed by atoms with van der Waals surface area (Å²) in [6, 6.07) is 6.06. The number of nitrogens with zero attached hydrogens (tertiary/aromatic N) is 4. The van der Waals surface area contributed by atoms with E-state index in [1.165, 1.54) is 6.21 Å². The Hall–Kier alpha value is -2.90. The molecule has 8 heteroatoms. The molecule has 1 fully saturated rings. The van der Waals surface area contributed by atoms with Gasteiger partial charge < -0.3 is 25.0 Å². The van der Waals surface area contributed by atoms with Crippen molar-refractivity contribution in [3.8, 4) is 11.4 Å². The minimum Gasteiger partial charge on any atom is -0.388 e. The van der Waals surface area contributed by atoms with E-state index in [0.717, 1.165) is 23.2 Å². The van der Waals surface area contributed by atoms with E-state index in [1.54, 1.807) is 11.9 Å². The third-order valence-electron chi connectivity index (χ3n) is 3.89. The van der Waals surface area contributed by atoms with Gasteiger partial charge in [-0.2, -0.15) is 4.98 Å². The molecule has 3 rings (SSSR count). The van der Waals surface area contributed by atoms with Crippen LogP contribution < -0.4 is 10.2 Å². The summed E-state index contributed by atoms with van der Waals surface area (Å²) in [5.74, 6) is 0.505. The van der Waals surface area contributed by atoms with Gasteiger partial charge in [0.15, 0.2) is 0 Å². The summed E-state index contributed by atoms with van der Waals surface area (Å²) in [5.41, 5.74) is 2.45. The minimum atomic E-state index is 0.465. The van der Waals surface area contributed by atoms with E-state index in [0.29, 0.717) is 38.0 Å². The standard InChI is InChI=1S/C15H18N6O2/c1-17-13-8-11(2-3-12(13)9-16)14-18-15(23-19-14)21-6-4-20(10-22)5-7-21/h2-3,8-10,16-17H,4-7H2,1H3. The Morgan fingerprint density at radius 2 is 2.09 bits per heavy atom. The van der Waals surface area contributed by atoms with Crippen molar-refractivity contribution >= 4 is 24.3 Å². The highest BCUT2D eigenvalue weighted by atomic mass is 16.5. The number of nitrogens with one attached hydrogen (secondary N) is 2. The summed E-state index contributed by atoms with van der Waals surface area (Å²) in [5, 5.41) is 14.5. The Morgan fingerprint density at radius 3 is 2.74 bits per heavy atom. The molecule has 23 heavy (non-hydrogen) atoms. The Bertz CT molecular complexity index is 706. The van der Waals surface area contributed by atoms with E-state index in [-0.39, 0.29) is 0 Å². The highest BCUT2D eigenvalue weighted by molar-refractivity contribution is 5.87. The second kappa shape index (κ2) is 6.47. The largest absolute Gasteiger partial charge is 0.388 e. The molecule has 0 atom stereocenters. The van der Waals surface area contributed by atoms with Crippen LogP contribution in [0.15, 0.2) is 22.7 Å². The number of hydrogen-bond acceptors (Lipinski definition) is 7. The van der Waals surface area contributed by atoms with Crippen LogP contribution in [0, 0.1) is 5.41 Å². The molecule has 0 saturated carbocycles. The number of rotatable bonds is 5. The molecule has 1 saturated heterocycles. The maximum absolute atomic E-state index is 10.7. The molecule has 0 radical (unpaired) electrons. The van der Waals surface area contributed by atoms with Gasteiger partial charge in [0.05, 0.1) is 0 Å². The van der Waals surface area contributed by atoms with E-state index in [9.17, 15) is 4.79 Å². The average molecular weight is 314 g/mol. The summed E-state index contributed by atoms with van der Waals surface area (Å²) >= 11 is 0. The molecule has 0 bridgehead atoms. The Morgan fingerprint density at radius 1 is 1.30 bits per heavy atom. The SMILES string of the molecule is CNc1cc(-c2noc(N3CCN(C=O)CC3)n2)ccc1C=N. The van der Waals surface area contributed by atoms with E-state index in [4.69, 9.17) is 9.93 Å². The highest BCUT2D eigenvalue weighted by Crippen LogP contribution is 2.25. The van der Waals surface area contributed by atoms with Gasteiger partial charge in [-0.05, 0) is 6.07 Å². The van der Waals surface area contributed by atoms with Gasteiger partial charge in [0, 0.05) is 56.3 Å². The van der Waals surface area contributed by atoms with Crippen molar-refractivity contribution in [1.29, 1.82) is 5.41 Å². The zero-order chi connectivity index (χ0) is 16.2. The zero-order valence-electron chi connectivity index (χ0n) is 12.8. The molecular weight excluding hydrogens is 296 g/mol. The molecule has 1 aromatic heterocycles. The van der Waals surface area contributed by atoms with E-state index in [1.807, 2.05) is 23.1 Å². The number of piperazine rings is 1.